The summed E-state index contributed by atoms with van der Waals surface area (Å²) < 4.78 is 0. The maximum absolute atomic E-state index is 12.2. The molecule has 1 aromatic heterocycles. The van der Waals surface area contributed by atoms with Gasteiger partial charge in [-0.3, -0.25) is 9.78 Å². The number of thioether (sulfide) groups is 1. The average molecular weight is 281 g/mol. The van der Waals surface area contributed by atoms with Gasteiger partial charge in [0.05, 0.1) is 11.3 Å². The van der Waals surface area contributed by atoms with Gasteiger partial charge in [-0.1, -0.05) is 6.92 Å². The molecule has 0 aromatic carbocycles. The predicted octanol–water partition coefficient (Wildman–Crippen LogP) is 2.55. The highest BCUT2D eigenvalue weighted by molar-refractivity contribution is 7.98. The van der Waals surface area contributed by atoms with Crippen LogP contribution >= 0.6 is 11.8 Å². The number of nitrogens with one attached hydrogen (secondary N) is 2. The van der Waals surface area contributed by atoms with Gasteiger partial charge in [-0.05, 0) is 37.8 Å². The molecule has 1 atom stereocenters. The number of hydrogen-bond acceptors (Lipinski definition) is 4. The van der Waals surface area contributed by atoms with Gasteiger partial charge in [-0.15, -0.1) is 0 Å². The van der Waals surface area contributed by atoms with E-state index in [0.29, 0.717) is 18.0 Å². The molecule has 2 N–H and O–H groups in total. The fraction of sp³-hybridized carbons (Fsp3) is 0.571. The van der Waals surface area contributed by atoms with E-state index in [9.17, 15) is 4.79 Å². The van der Waals surface area contributed by atoms with Crippen molar-refractivity contribution in [3.63, 3.8) is 0 Å². The van der Waals surface area contributed by atoms with Crippen LogP contribution in [0.3, 0.4) is 0 Å². The number of amides is 1. The molecule has 0 fully saturated rings. The lowest BCUT2D eigenvalue weighted by molar-refractivity contribution is 0.0949. The molecule has 1 rings (SSSR count). The number of carbonyl (C=O) groups excluding carboxylic acids is 1. The average Bonchev–Trinajstić information content (AvgIpc) is 2.37. The molecule has 1 aromatic rings. The molecule has 0 saturated carbocycles. The number of nitrogens with zero attached hydrogens (tertiary/aromatic N) is 1. The number of pyridine rings is 1. The van der Waals surface area contributed by atoms with Crippen LogP contribution in [0.15, 0.2) is 12.3 Å². The number of carbonyl (C=O) groups is 1. The molecule has 1 amide bonds. The highest BCUT2D eigenvalue weighted by Gasteiger charge is 2.12. The van der Waals surface area contributed by atoms with Crippen LogP contribution in [0.1, 0.15) is 29.9 Å². The Balaban J connectivity index is 2.70. The standard InChI is InChI=1S/C14H23N3OS/c1-5-15-13-6-11(3)16-8-12(13)14(18)17-7-10(2)9-19-4/h6,8,10H,5,7,9H2,1-4H3,(H,15,16)(H,17,18). The molecule has 0 radical (unpaired) electrons. The largest absolute Gasteiger partial charge is 0.385 e. The van der Waals surface area contributed by atoms with Crippen molar-refractivity contribution in [1.82, 2.24) is 10.3 Å². The first-order valence-electron chi connectivity index (χ1n) is 6.56. The van der Waals surface area contributed by atoms with E-state index in [1.807, 2.05) is 19.9 Å². The van der Waals surface area contributed by atoms with E-state index < -0.39 is 0 Å². The van der Waals surface area contributed by atoms with Crippen LogP contribution in [0.25, 0.3) is 0 Å². The Hall–Kier alpha value is -1.23. The van der Waals surface area contributed by atoms with Gasteiger partial charge in [0, 0.05) is 25.0 Å². The minimum absolute atomic E-state index is 0.0589. The van der Waals surface area contributed by atoms with E-state index in [2.05, 4.69) is 28.8 Å². The first kappa shape index (κ1) is 15.8. The molecule has 5 heteroatoms. The van der Waals surface area contributed by atoms with Gasteiger partial charge in [-0.25, -0.2) is 0 Å². The summed E-state index contributed by atoms with van der Waals surface area (Å²) in [5, 5.41) is 6.18. The number of hydrogen-bond donors (Lipinski definition) is 2. The van der Waals surface area contributed by atoms with Gasteiger partial charge >= 0.3 is 0 Å². The zero-order valence-corrected chi connectivity index (χ0v) is 12.9. The van der Waals surface area contributed by atoms with E-state index in [4.69, 9.17) is 0 Å². The maximum atomic E-state index is 12.2. The lowest BCUT2D eigenvalue weighted by atomic mass is 10.1. The highest BCUT2D eigenvalue weighted by atomic mass is 32.2. The summed E-state index contributed by atoms with van der Waals surface area (Å²) >= 11 is 1.79. The van der Waals surface area contributed by atoms with Crippen molar-refractivity contribution in [3.8, 4) is 0 Å². The van der Waals surface area contributed by atoms with Crippen LogP contribution in [0.5, 0.6) is 0 Å². The molecular formula is C14H23N3OS. The molecular weight excluding hydrogens is 258 g/mol. The fourth-order valence-electron chi connectivity index (χ4n) is 1.78. The van der Waals surface area contributed by atoms with Crippen LogP contribution in [-0.4, -0.2) is 36.0 Å². The first-order valence-corrected chi connectivity index (χ1v) is 7.95. The first-order chi connectivity index (χ1) is 9.08. The van der Waals surface area contributed by atoms with E-state index in [0.717, 1.165) is 23.7 Å². The lowest BCUT2D eigenvalue weighted by Gasteiger charge is -2.14. The molecule has 4 nitrogen and oxygen atoms in total. The lowest BCUT2D eigenvalue weighted by Crippen LogP contribution is -2.30. The zero-order valence-electron chi connectivity index (χ0n) is 12.1. The van der Waals surface area contributed by atoms with Gasteiger partial charge in [0.15, 0.2) is 0 Å². The van der Waals surface area contributed by atoms with Crippen LogP contribution in [0, 0.1) is 12.8 Å². The molecule has 1 heterocycles. The van der Waals surface area contributed by atoms with Crippen molar-refractivity contribution < 1.29 is 4.79 Å². The number of rotatable bonds is 7. The Morgan fingerprint density at radius 1 is 1.53 bits per heavy atom. The summed E-state index contributed by atoms with van der Waals surface area (Å²) in [6, 6.07) is 1.91. The third kappa shape index (κ3) is 5.11. The minimum atomic E-state index is -0.0589. The molecule has 0 bridgehead atoms. The summed E-state index contributed by atoms with van der Waals surface area (Å²) in [5.74, 6) is 1.46. The quantitative estimate of drug-likeness (QED) is 0.806. The number of aromatic nitrogens is 1. The summed E-state index contributed by atoms with van der Waals surface area (Å²) in [6.07, 6.45) is 3.72. The number of anilines is 1. The van der Waals surface area contributed by atoms with Crippen LogP contribution in [0.2, 0.25) is 0 Å². The van der Waals surface area contributed by atoms with Crippen LogP contribution in [-0.2, 0) is 0 Å². The molecule has 106 valence electrons. The highest BCUT2D eigenvalue weighted by Crippen LogP contribution is 2.15. The molecule has 0 saturated heterocycles. The summed E-state index contributed by atoms with van der Waals surface area (Å²) in [7, 11) is 0. The molecule has 19 heavy (non-hydrogen) atoms. The molecule has 1 unspecified atom stereocenters. The Labute approximate surface area is 119 Å². The topological polar surface area (TPSA) is 54.0 Å². The smallest absolute Gasteiger partial charge is 0.254 e. The van der Waals surface area contributed by atoms with Crippen LogP contribution < -0.4 is 10.6 Å². The van der Waals surface area contributed by atoms with E-state index in [1.54, 1.807) is 18.0 Å². The van der Waals surface area contributed by atoms with Gasteiger partial charge in [-0.2, -0.15) is 11.8 Å². The normalized spacial score (nSPS) is 12.0. The van der Waals surface area contributed by atoms with Crippen molar-refractivity contribution in [3.05, 3.63) is 23.5 Å². The van der Waals surface area contributed by atoms with Gasteiger partial charge < -0.3 is 10.6 Å². The van der Waals surface area contributed by atoms with Gasteiger partial charge in [0.1, 0.15) is 0 Å². The van der Waals surface area contributed by atoms with Crippen molar-refractivity contribution >= 4 is 23.4 Å². The van der Waals surface area contributed by atoms with Crippen molar-refractivity contribution in [2.24, 2.45) is 5.92 Å². The van der Waals surface area contributed by atoms with Gasteiger partial charge in [0.25, 0.3) is 5.91 Å². The number of aryl methyl sites for hydroxylation is 1. The van der Waals surface area contributed by atoms with Crippen molar-refractivity contribution in [2.75, 3.05) is 30.4 Å². The molecule has 0 spiro atoms. The van der Waals surface area contributed by atoms with Gasteiger partial charge in [0.2, 0.25) is 0 Å². The Morgan fingerprint density at radius 3 is 2.89 bits per heavy atom. The Morgan fingerprint density at radius 2 is 2.26 bits per heavy atom. The molecule has 0 aliphatic heterocycles. The van der Waals surface area contributed by atoms with E-state index in [-0.39, 0.29) is 5.91 Å². The summed E-state index contributed by atoms with van der Waals surface area (Å²) in [4.78, 5) is 16.4. The second kappa shape index (κ2) is 8.04. The maximum Gasteiger partial charge on any atom is 0.254 e. The predicted molar refractivity (Wildman–Crippen MR) is 83.0 cm³/mol. The van der Waals surface area contributed by atoms with Crippen molar-refractivity contribution in [2.45, 2.75) is 20.8 Å². The van der Waals surface area contributed by atoms with E-state index >= 15 is 0 Å². The molecule has 0 aliphatic carbocycles. The second-order valence-corrected chi connectivity index (χ2v) is 5.58. The van der Waals surface area contributed by atoms with Crippen molar-refractivity contribution in [1.29, 1.82) is 0 Å². The fourth-order valence-corrected chi connectivity index (χ4v) is 2.47. The molecule has 0 aliphatic rings. The van der Waals surface area contributed by atoms with Crippen LogP contribution in [0.4, 0.5) is 5.69 Å². The Bertz CT molecular complexity index is 423. The second-order valence-electron chi connectivity index (χ2n) is 4.67. The van der Waals surface area contributed by atoms with E-state index in [1.165, 1.54) is 0 Å². The minimum Gasteiger partial charge on any atom is -0.385 e. The summed E-state index contributed by atoms with van der Waals surface area (Å²) in [6.45, 7) is 7.54. The third-order valence-electron chi connectivity index (χ3n) is 2.71. The monoisotopic (exact) mass is 281 g/mol. The third-order valence-corrected chi connectivity index (χ3v) is 3.62. The SMILES string of the molecule is CCNc1cc(C)ncc1C(=O)NCC(C)CSC. The zero-order chi connectivity index (χ0) is 14.3. The Kier molecular flexibility index (Phi) is 6.70. The summed E-state index contributed by atoms with van der Waals surface area (Å²) in [5.41, 5.74) is 2.37.